The topological polar surface area (TPSA) is 77.0 Å². The number of carbonyl (C=O) groups excluding carboxylic acids is 1. The van der Waals surface area contributed by atoms with Crippen LogP contribution in [0.5, 0.6) is 11.5 Å². The first-order valence-corrected chi connectivity index (χ1v) is 6.03. The van der Waals surface area contributed by atoms with Crippen molar-refractivity contribution >= 4 is 6.09 Å². The summed E-state index contributed by atoms with van der Waals surface area (Å²) in [5, 5.41) is 12.4. The summed E-state index contributed by atoms with van der Waals surface area (Å²) in [6.45, 7) is 3.59. The van der Waals surface area contributed by atoms with Crippen LogP contribution >= 0.6 is 0 Å². The molecule has 1 rings (SSSR count). The number of nitrogens with one attached hydrogen (secondary N) is 1. The number of aliphatic hydroxyl groups is 1. The Bertz CT molecular complexity index is 461. The van der Waals surface area contributed by atoms with E-state index >= 15 is 0 Å². The number of rotatable bonds is 7. The van der Waals surface area contributed by atoms with Crippen molar-refractivity contribution in [2.24, 2.45) is 0 Å². The molecule has 110 valence electrons. The number of benzene rings is 1. The first-order chi connectivity index (χ1) is 9.62. The van der Waals surface area contributed by atoms with Gasteiger partial charge in [0, 0.05) is 0 Å². The first-order valence-electron chi connectivity index (χ1n) is 6.03. The van der Waals surface area contributed by atoms with E-state index in [1.165, 1.54) is 20.3 Å². The lowest BCUT2D eigenvalue weighted by Crippen LogP contribution is -2.29. The molecule has 1 atom stereocenters. The third-order valence-corrected chi connectivity index (χ3v) is 2.56. The van der Waals surface area contributed by atoms with E-state index < -0.39 is 12.2 Å². The van der Waals surface area contributed by atoms with E-state index in [4.69, 9.17) is 14.2 Å². The van der Waals surface area contributed by atoms with Crippen molar-refractivity contribution in [3.05, 3.63) is 36.4 Å². The number of hydrogen-bond donors (Lipinski definition) is 2. The van der Waals surface area contributed by atoms with Gasteiger partial charge in [-0.05, 0) is 17.7 Å². The fraction of sp³-hybridized carbons (Fsp3) is 0.357. The van der Waals surface area contributed by atoms with Crippen molar-refractivity contribution in [2.45, 2.75) is 6.10 Å². The SMILES string of the molecule is C=CCOC(=O)NCC(O)c1ccc(OC)c(OC)c1. The van der Waals surface area contributed by atoms with E-state index in [2.05, 4.69) is 11.9 Å². The monoisotopic (exact) mass is 281 g/mol. The highest BCUT2D eigenvalue weighted by Crippen LogP contribution is 2.29. The molecule has 0 heterocycles. The van der Waals surface area contributed by atoms with Gasteiger partial charge in [0.15, 0.2) is 11.5 Å². The normalized spacial score (nSPS) is 11.3. The summed E-state index contributed by atoms with van der Waals surface area (Å²) in [4.78, 5) is 11.2. The smallest absolute Gasteiger partial charge is 0.407 e. The molecule has 0 aromatic heterocycles. The van der Waals surface area contributed by atoms with Crippen molar-refractivity contribution in [3.63, 3.8) is 0 Å². The molecular weight excluding hydrogens is 262 g/mol. The average molecular weight is 281 g/mol. The van der Waals surface area contributed by atoms with Gasteiger partial charge in [-0.2, -0.15) is 0 Å². The molecule has 1 aromatic rings. The van der Waals surface area contributed by atoms with Gasteiger partial charge in [0.05, 0.1) is 26.9 Å². The van der Waals surface area contributed by atoms with Gasteiger partial charge in [0.2, 0.25) is 0 Å². The molecule has 0 bridgehead atoms. The molecule has 20 heavy (non-hydrogen) atoms. The molecule has 0 saturated heterocycles. The summed E-state index contributed by atoms with van der Waals surface area (Å²) in [6.07, 6.45) is -0.0137. The van der Waals surface area contributed by atoms with Crippen molar-refractivity contribution in [1.29, 1.82) is 0 Å². The van der Waals surface area contributed by atoms with Gasteiger partial charge >= 0.3 is 6.09 Å². The Morgan fingerprint density at radius 2 is 2.10 bits per heavy atom. The molecule has 2 N–H and O–H groups in total. The Kier molecular flexibility index (Phi) is 6.39. The lowest BCUT2D eigenvalue weighted by atomic mass is 10.1. The lowest BCUT2D eigenvalue weighted by Gasteiger charge is -2.14. The zero-order chi connectivity index (χ0) is 15.0. The van der Waals surface area contributed by atoms with E-state index in [0.29, 0.717) is 17.1 Å². The number of alkyl carbamates (subject to hydrolysis) is 1. The molecule has 6 heteroatoms. The summed E-state index contributed by atoms with van der Waals surface area (Å²) in [7, 11) is 3.05. The van der Waals surface area contributed by atoms with E-state index in [0.717, 1.165) is 0 Å². The molecule has 0 aliphatic heterocycles. The zero-order valence-corrected chi connectivity index (χ0v) is 11.6. The van der Waals surface area contributed by atoms with E-state index in [1.807, 2.05) is 0 Å². The van der Waals surface area contributed by atoms with Crippen LogP contribution in [0.1, 0.15) is 11.7 Å². The van der Waals surface area contributed by atoms with Crippen LogP contribution < -0.4 is 14.8 Å². The predicted molar refractivity (Wildman–Crippen MR) is 74.1 cm³/mol. The van der Waals surface area contributed by atoms with Gasteiger partial charge < -0.3 is 24.6 Å². The largest absolute Gasteiger partial charge is 0.493 e. The van der Waals surface area contributed by atoms with Crippen molar-refractivity contribution in [2.75, 3.05) is 27.4 Å². The maximum atomic E-state index is 11.2. The van der Waals surface area contributed by atoms with Gasteiger partial charge in [-0.15, -0.1) is 0 Å². The predicted octanol–water partition coefficient (Wildman–Crippen LogP) is 1.65. The molecular formula is C14H19NO5. The Morgan fingerprint density at radius 1 is 1.40 bits per heavy atom. The molecule has 0 aliphatic rings. The van der Waals surface area contributed by atoms with Crippen LogP contribution in [0.3, 0.4) is 0 Å². The van der Waals surface area contributed by atoms with Crippen LogP contribution in [0.2, 0.25) is 0 Å². The Hall–Kier alpha value is -2.21. The number of carbonyl (C=O) groups is 1. The number of amides is 1. The van der Waals surface area contributed by atoms with Gasteiger partial charge in [0.25, 0.3) is 0 Å². The van der Waals surface area contributed by atoms with Crippen LogP contribution in [0.15, 0.2) is 30.9 Å². The third-order valence-electron chi connectivity index (χ3n) is 2.56. The van der Waals surface area contributed by atoms with Crippen LogP contribution in [0, 0.1) is 0 Å². The highest BCUT2D eigenvalue weighted by atomic mass is 16.5. The molecule has 1 unspecified atom stereocenters. The molecule has 0 fully saturated rings. The molecule has 0 radical (unpaired) electrons. The first kappa shape index (κ1) is 15.8. The highest BCUT2D eigenvalue weighted by molar-refractivity contribution is 5.67. The van der Waals surface area contributed by atoms with Crippen molar-refractivity contribution in [3.8, 4) is 11.5 Å². The number of ether oxygens (including phenoxy) is 3. The molecule has 6 nitrogen and oxygen atoms in total. The quantitative estimate of drug-likeness (QED) is 0.743. The summed E-state index contributed by atoms with van der Waals surface area (Å²) >= 11 is 0. The third kappa shape index (κ3) is 4.47. The maximum Gasteiger partial charge on any atom is 0.407 e. The second kappa shape index (κ2) is 8.06. The standard InChI is InChI=1S/C14H19NO5/c1-4-7-20-14(17)15-9-11(16)10-5-6-12(18-2)13(8-10)19-3/h4-6,8,11,16H,1,7,9H2,2-3H3,(H,15,17). The molecule has 0 saturated carbocycles. The summed E-state index contributed by atoms with van der Waals surface area (Å²) in [5.74, 6) is 1.08. The number of aliphatic hydroxyl groups excluding tert-OH is 1. The van der Waals surface area contributed by atoms with Gasteiger partial charge in [0.1, 0.15) is 6.61 Å². The fourth-order valence-electron chi connectivity index (χ4n) is 1.54. The molecule has 1 aromatic carbocycles. The second-order valence-electron chi connectivity index (χ2n) is 3.90. The van der Waals surface area contributed by atoms with Gasteiger partial charge in [-0.1, -0.05) is 18.7 Å². The fourth-order valence-corrected chi connectivity index (χ4v) is 1.54. The Morgan fingerprint density at radius 3 is 2.70 bits per heavy atom. The maximum absolute atomic E-state index is 11.2. The molecule has 0 spiro atoms. The Balaban J connectivity index is 2.61. The minimum absolute atomic E-state index is 0.0332. The minimum Gasteiger partial charge on any atom is -0.493 e. The number of hydrogen-bond acceptors (Lipinski definition) is 5. The second-order valence-corrected chi connectivity index (χ2v) is 3.90. The molecule has 0 aliphatic carbocycles. The number of methoxy groups -OCH3 is 2. The van der Waals surface area contributed by atoms with Gasteiger partial charge in [-0.3, -0.25) is 0 Å². The summed E-state index contributed by atoms with van der Waals surface area (Å²) < 4.78 is 15.0. The Labute approximate surface area is 118 Å². The lowest BCUT2D eigenvalue weighted by molar-refractivity contribution is 0.139. The highest BCUT2D eigenvalue weighted by Gasteiger charge is 2.13. The van der Waals surface area contributed by atoms with Gasteiger partial charge in [-0.25, -0.2) is 4.79 Å². The van der Waals surface area contributed by atoms with Crippen LogP contribution in [0.25, 0.3) is 0 Å². The van der Waals surface area contributed by atoms with Crippen molar-refractivity contribution in [1.82, 2.24) is 5.32 Å². The van der Waals surface area contributed by atoms with Crippen LogP contribution in [0.4, 0.5) is 4.79 Å². The van der Waals surface area contributed by atoms with E-state index in [-0.39, 0.29) is 13.2 Å². The van der Waals surface area contributed by atoms with Crippen LogP contribution in [-0.4, -0.2) is 38.6 Å². The minimum atomic E-state index is -0.869. The average Bonchev–Trinajstić information content (AvgIpc) is 2.49. The summed E-state index contributed by atoms with van der Waals surface area (Å²) in [5.41, 5.74) is 0.603. The van der Waals surface area contributed by atoms with E-state index in [9.17, 15) is 9.90 Å². The van der Waals surface area contributed by atoms with Crippen molar-refractivity contribution < 1.29 is 24.1 Å². The zero-order valence-electron chi connectivity index (χ0n) is 11.6. The summed E-state index contributed by atoms with van der Waals surface area (Å²) in [6, 6.07) is 5.04. The molecule has 1 amide bonds. The van der Waals surface area contributed by atoms with Crippen LogP contribution in [-0.2, 0) is 4.74 Å². The van der Waals surface area contributed by atoms with E-state index in [1.54, 1.807) is 18.2 Å².